The molecule has 0 saturated carbocycles. The second-order valence-electron chi connectivity index (χ2n) is 7.41. The number of rotatable bonds is 6. The van der Waals surface area contributed by atoms with Crippen LogP contribution in [0.25, 0.3) is 5.82 Å². The van der Waals surface area contributed by atoms with Gasteiger partial charge in [-0.2, -0.15) is 0 Å². The monoisotopic (exact) mass is 435 g/mol. The normalized spacial score (nSPS) is 18.2. The maximum absolute atomic E-state index is 12.4. The Morgan fingerprint density at radius 3 is 2.55 bits per heavy atom. The molecule has 7 nitrogen and oxygen atoms in total. The SMILES string of the molecule is CCOC(=O)CN1C(=S)N[C@@H](c2ccccn2)[C@@H]1c1cc(C)n(-c2ccccn2)c1C. The van der Waals surface area contributed by atoms with E-state index in [4.69, 9.17) is 17.0 Å². The molecular formula is C23H25N5O2S. The van der Waals surface area contributed by atoms with Crippen molar-refractivity contribution in [2.24, 2.45) is 0 Å². The van der Waals surface area contributed by atoms with Crippen LogP contribution in [0, 0.1) is 13.8 Å². The highest BCUT2D eigenvalue weighted by molar-refractivity contribution is 7.80. The molecule has 1 aliphatic rings. The van der Waals surface area contributed by atoms with Gasteiger partial charge >= 0.3 is 5.97 Å². The summed E-state index contributed by atoms with van der Waals surface area (Å²) in [5.41, 5.74) is 4.03. The first-order valence-electron chi connectivity index (χ1n) is 10.2. The highest BCUT2D eigenvalue weighted by Crippen LogP contribution is 2.41. The summed E-state index contributed by atoms with van der Waals surface area (Å²) in [6.07, 6.45) is 3.55. The van der Waals surface area contributed by atoms with Gasteiger partial charge in [-0.05, 0) is 68.9 Å². The van der Waals surface area contributed by atoms with Crippen molar-refractivity contribution in [1.29, 1.82) is 0 Å². The fourth-order valence-electron chi connectivity index (χ4n) is 4.19. The van der Waals surface area contributed by atoms with Crippen molar-refractivity contribution >= 4 is 23.3 Å². The third kappa shape index (κ3) is 4.03. The van der Waals surface area contributed by atoms with E-state index in [2.05, 4.69) is 39.8 Å². The largest absolute Gasteiger partial charge is 0.465 e. The van der Waals surface area contributed by atoms with E-state index in [1.54, 1.807) is 19.3 Å². The Balaban J connectivity index is 1.81. The van der Waals surface area contributed by atoms with E-state index in [-0.39, 0.29) is 24.6 Å². The Kier molecular flexibility index (Phi) is 5.99. The van der Waals surface area contributed by atoms with Gasteiger partial charge in [-0.1, -0.05) is 12.1 Å². The first-order chi connectivity index (χ1) is 15.0. The van der Waals surface area contributed by atoms with Crippen molar-refractivity contribution in [2.45, 2.75) is 32.9 Å². The van der Waals surface area contributed by atoms with Crippen LogP contribution in [0.1, 0.15) is 41.7 Å². The van der Waals surface area contributed by atoms with Crippen LogP contribution in [0.15, 0.2) is 54.9 Å². The van der Waals surface area contributed by atoms with Gasteiger partial charge in [-0.3, -0.25) is 9.78 Å². The molecule has 2 atom stereocenters. The number of esters is 1. The molecule has 4 heterocycles. The van der Waals surface area contributed by atoms with E-state index in [1.165, 1.54) is 0 Å². The molecule has 0 aromatic carbocycles. The molecule has 1 fully saturated rings. The number of carbonyl (C=O) groups excluding carboxylic acids is 1. The van der Waals surface area contributed by atoms with E-state index < -0.39 is 0 Å². The van der Waals surface area contributed by atoms with Crippen molar-refractivity contribution < 1.29 is 9.53 Å². The Hall–Kier alpha value is -3.26. The maximum atomic E-state index is 12.4. The summed E-state index contributed by atoms with van der Waals surface area (Å²) in [4.78, 5) is 23.3. The number of nitrogens with zero attached hydrogens (tertiary/aromatic N) is 4. The number of hydrogen-bond acceptors (Lipinski definition) is 5. The van der Waals surface area contributed by atoms with Crippen LogP contribution in [0.5, 0.6) is 0 Å². The Labute approximate surface area is 187 Å². The lowest BCUT2D eigenvalue weighted by Gasteiger charge is -2.27. The van der Waals surface area contributed by atoms with E-state index in [0.29, 0.717) is 11.7 Å². The fourth-order valence-corrected chi connectivity index (χ4v) is 4.49. The number of carbonyl (C=O) groups is 1. The third-order valence-electron chi connectivity index (χ3n) is 5.47. The summed E-state index contributed by atoms with van der Waals surface area (Å²) < 4.78 is 7.33. The molecule has 1 saturated heterocycles. The number of ether oxygens (including phenoxy) is 1. The van der Waals surface area contributed by atoms with Gasteiger partial charge in [0.1, 0.15) is 12.4 Å². The van der Waals surface area contributed by atoms with Crippen molar-refractivity contribution in [3.05, 3.63) is 77.5 Å². The molecule has 3 aromatic heterocycles. The molecule has 0 radical (unpaired) electrons. The minimum atomic E-state index is -0.308. The van der Waals surface area contributed by atoms with E-state index in [1.807, 2.05) is 41.3 Å². The molecule has 3 aromatic rings. The minimum absolute atomic E-state index is 0.0704. The van der Waals surface area contributed by atoms with Crippen LogP contribution in [-0.4, -0.2) is 43.7 Å². The summed E-state index contributed by atoms with van der Waals surface area (Å²) in [5, 5.41) is 3.88. The molecule has 0 amide bonds. The molecule has 1 aliphatic heterocycles. The van der Waals surface area contributed by atoms with Gasteiger partial charge in [0.25, 0.3) is 0 Å². The predicted molar refractivity (Wildman–Crippen MR) is 122 cm³/mol. The first kappa shape index (κ1) is 21.0. The van der Waals surface area contributed by atoms with Gasteiger partial charge in [0, 0.05) is 23.8 Å². The highest BCUT2D eigenvalue weighted by atomic mass is 32.1. The number of nitrogens with one attached hydrogen (secondary N) is 1. The van der Waals surface area contributed by atoms with Crippen LogP contribution in [0.3, 0.4) is 0 Å². The molecule has 31 heavy (non-hydrogen) atoms. The predicted octanol–water partition coefficient (Wildman–Crippen LogP) is 3.42. The van der Waals surface area contributed by atoms with E-state index >= 15 is 0 Å². The molecule has 8 heteroatoms. The maximum Gasteiger partial charge on any atom is 0.325 e. The van der Waals surface area contributed by atoms with Crippen molar-refractivity contribution in [3.63, 3.8) is 0 Å². The van der Waals surface area contributed by atoms with Crippen LogP contribution in [0.4, 0.5) is 0 Å². The average molecular weight is 436 g/mol. The van der Waals surface area contributed by atoms with Gasteiger partial charge < -0.3 is 19.5 Å². The van der Waals surface area contributed by atoms with Crippen LogP contribution in [-0.2, 0) is 9.53 Å². The standard InChI is InChI=1S/C23H25N5O2S/c1-4-30-20(29)14-27-22(21(26-23(27)31)18-9-5-7-11-24-18)17-13-15(2)28(16(17)3)19-10-6-8-12-25-19/h5-13,21-22H,4,14H2,1-3H3,(H,26,31)/t21-,22-/m0/s1. The summed E-state index contributed by atoms with van der Waals surface area (Å²) in [6, 6.07) is 13.4. The third-order valence-corrected chi connectivity index (χ3v) is 5.82. The Morgan fingerprint density at radius 1 is 1.16 bits per heavy atom. The summed E-state index contributed by atoms with van der Waals surface area (Å²) in [6.45, 7) is 6.32. The van der Waals surface area contributed by atoms with Gasteiger partial charge in [0.2, 0.25) is 0 Å². The second kappa shape index (κ2) is 8.85. The summed E-state index contributed by atoms with van der Waals surface area (Å²) in [7, 11) is 0. The number of aromatic nitrogens is 3. The molecule has 0 bridgehead atoms. The average Bonchev–Trinajstić information content (AvgIpc) is 3.25. The first-order valence-corrected chi connectivity index (χ1v) is 10.7. The molecule has 4 rings (SSSR count). The van der Waals surface area contributed by atoms with Gasteiger partial charge in [0.05, 0.1) is 24.4 Å². The van der Waals surface area contributed by atoms with Crippen LogP contribution >= 0.6 is 12.2 Å². The molecule has 0 unspecified atom stereocenters. The topological polar surface area (TPSA) is 72.3 Å². The van der Waals surface area contributed by atoms with Crippen LogP contribution in [0.2, 0.25) is 0 Å². The van der Waals surface area contributed by atoms with Crippen molar-refractivity contribution in [3.8, 4) is 5.82 Å². The zero-order valence-corrected chi connectivity index (χ0v) is 18.6. The Bertz CT molecular complexity index is 1080. The zero-order chi connectivity index (χ0) is 22.0. The second-order valence-corrected chi connectivity index (χ2v) is 7.80. The highest BCUT2D eigenvalue weighted by Gasteiger charge is 2.42. The lowest BCUT2D eigenvalue weighted by atomic mass is 9.97. The lowest BCUT2D eigenvalue weighted by molar-refractivity contribution is -0.143. The zero-order valence-electron chi connectivity index (χ0n) is 17.8. The summed E-state index contributed by atoms with van der Waals surface area (Å²) in [5.74, 6) is 0.542. The molecule has 0 spiro atoms. The number of aryl methyl sites for hydroxylation is 1. The molecule has 160 valence electrons. The van der Waals surface area contributed by atoms with Gasteiger partial charge in [-0.25, -0.2) is 4.98 Å². The molecule has 1 N–H and O–H groups in total. The minimum Gasteiger partial charge on any atom is -0.465 e. The fraction of sp³-hybridized carbons (Fsp3) is 0.304. The number of thiocarbonyl (C=S) groups is 1. The number of hydrogen-bond donors (Lipinski definition) is 1. The van der Waals surface area contributed by atoms with Crippen molar-refractivity contribution in [2.75, 3.05) is 13.2 Å². The summed E-state index contributed by atoms with van der Waals surface area (Å²) >= 11 is 5.63. The van der Waals surface area contributed by atoms with E-state index in [9.17, 15) is 4.79 Å². The number of pyridine rings is 2. The van der Waals surface area contributed by atoms with Gasteiger partial charge in [0.15, 0.2) is 5.11 Å². The Morgan fingerprint density at radius 2 is 1.90 bits per heavy atom. The quantitative estimate of drug-likeness (QED) is 0.470. The molecule has 0 aliphatic carbocycles. The van der Waals surface area contributed by atoms with Gasteiger partial charge in [-0.15, -0.1) is 0 Å². The van der Waals surface area contributed by atoms with E-state index in [0.717, 1.165) is 28.5 Å². The van der Waals surface area contributed by atoms with Crippen LogP contribution < -0.4 is 5.32 Å². The van der Waals surface area contributed by atoms with Crippen molar-refractivity contribution in [1.82, 2.24) is 24.8 Å². The smallest absolute Gasteiger partial charge is 0.325 e. The lowest BCUT2D eigenvalue weighted by Crippen LogP contribution is -2.35. The molecular weight excluding hydrogens is 410 g/mol.